The van der Waals surface area contributed by atoms with Crippen molar-refractivity contribution >= 4 is 21.6 Å². The predicted octanol–water partition coefficient (Wildman–Crippen LogP) is 1.11. The van der Waals surface area contributed by atoms with Gasteiger partial charge in [-0.1, -0.05) is 29.8 Å². The van der Waals surface area contributed by atoms with E-state index in [9.17, 15) is 8.42 Å². The van der Waals surface area contributed by atoms with Gasteiger partial charge in [0.2, 0.25) is 10.0 Å². The van der Waals surface area contributed by atoms with Crippen molar-refractivity contribution in [2.45, 2.75) is 13.0 Å². The Morgan fingerprint density at radius 3 is 2.62 bits per heavy atom. The van der Waals surface area contributed by atoms with Crippen molar-refractivity contribution in [1.29, 1.82) is 0 Å². The minimum Gasteiger partial charge on any atom is -0.313 e. The second kappa shape index (κ2) is 6.20. The smallest absolute Gasteiger partial charge is 0.209 e. The molecule has 0 amide bonds. The van der Waals surface area contributed by atoms with E-state index in [1.165, 1.54) is 0 Å². The highest BCUT2D eigenvalue weighted by Crippen LogP contribution is 2.14. The number of hydrogen-bond acceptors (Lipinski definition) is 3. The normalized spacial score (nSPS) is 11.6. The summed E-state index contributed by atoms with van der Waals surface area (Å²) in [5.41, 5.74) is 1.000. The van der Waals surface area contributed by atoms with Gasteiger partial charge in [-0.2, -0.15) is 0 Å². The van der Waals surface area contributed by atoms with Crippen molar-refractivity contribution < 1.29 is 8.42 Å². The van der Waals surface area contributed by atoms with Gasteiger partial charge < -0.3 is 5.32 Å². The number of benzene rings is 1. The van der Waals surface area contributed by atoms with Gasteiger partial charge in [-0.15, -0.1) is 0 Å². The van der Waals surface area contributed by atoms with Crippen LogP contribution in [0.2, 0.25) is 5.02 Å². The Kier molecular flexibility index (Phi) is 5.21. The lowest BCUT2D eigenvalue weighted by molar-refractivity contribution is 0.590. The summed E-state index contributed by atoms with van der Waals surface area (Å²) in [7, 11) is -3.34. The number of sulfonamides is 1. The zero-order chi connectivity index (χ0) is 12.0. The van der Waals surface area contributed by atoms with Crippen LogP contribution in [-0.4, -0.2) is 20.7 Å². The van der Waals surface area contributed by atoms with Crippen molar-refractivity contribution in [2.75, 3.05) is 12.3 Å². The average Bonchev–Trinajstić information content (AvgIpc) is 2.18. The molecule has 0 saturated heterocycles. The molecule has 0 spiro atoms. The molecule has 0 radical (unpaired) electrons. The van der Waals surface area contributed by atoms with Crippen LogP contribution in [0.1, 0.15) is 12.0 Å². The molecule has 90 valence electrons. The highest BCUT2D eigenvalue weighted by atomic mass is 35.5. The van der Waals surface area contributed by atoms with E-state index in [0.29, 0.717) is 24.5 Å². The Morgan fingerprint density at radius 1 is 1.31 bits per heavy atom. The van der Waals surface area contributed by atoms with E-state index in [1.807, 2.05) is 24.3 Å². The number of nitrogens with two attached hydrogens (primary N) is 1. The largest absolute Gasteiger partial charge is 0.313 e. The van der Waals surface area contributed by atoms with E-state index in [4.69, 9.17) is 16.7 Å². The molecule has 3 N–H and O–H groups in total. The lowest BCUT2D eigenvalue weighted by Gasteiger charge is -2.05. The average molecular weight is 263 g/mol. The van der Waals surface area contributed by atoms with Gasteiger partial charge in [-0.25, -0.2) is 13.6 Å². The van der Waals surface area contributed by atoms with Gasteiger partial charge in [0.25, 0.3) is 0 Å². The molecule has 4 nitrogen and oxygen atoms in total. The van der Waals surface area contributed by atoms with E-state index in [0.717, 1.165) is 5.56 Å². The zero-order valence-electron chi connectivity index (χ0n) is 8.82. The molecule has 0 bridgehead atoms. The van der Waals surface area contributed by atoms with Gasteiger partial charge in [0.1, 0.15) is 0 Å². The van der Waals surface area contributed by atoms with Gasteiger partial charge in [-0.05, 0) is 24.6 Å². The lowest BCUT2D eigenvalue weighted by atomic mass is 10.2. The molecule has 0 aromatic heterocycles. The summed E-state index contributed by atoms with van der Waals surface area (Å²) in [5, 5.41) is 8.70. The summed E-state index contributed by atoms with van der Waals surface area (Å²) in [6.45, 7) is 1.23. The van der Waals surface area contributed by atoms with E-state index >= 15 is 0 Å². The Hall–Kier alpha value is -0.620. The second-order valence-corrected chi connectivity index (χ2v) is 5.63. The summed E-state index contributed by atoms with van der Waals surface area (Å²) >= 11 is 5.95. The molecular formula is C10H15ClN2O2S. The fraction of sp³-hybridized carbons (Fsp3) is 0.400. The molecule has 0 atom stereocenters. The van der Waals surface area contributed by atoms with Gasteiger partial charge in [-0.3, -0.25) is 0 Å². The maximum Gasteiger partial charge on any atom is 0.209 e. The van der Waals surface area contributed by atoms with E-state index in [-0.39, 0.29) is 5.75 Å². The standard InChI is InChI=1S/C10H15ClN2O2S/c11-10-5-2-1-4-9(10)8-13-6-3-7-16(12,14)15/h1-2,4-5,13H,3,6-8H2,(H2,12,14,15). The molecular weight excluding hydrogens is 248 g/mol. The molecule has 0 unspecified atom stereocenters. The molecule has 0 saturated carbocycles. The monoisotopic (exact) mass is 262 g/mol. The van der Waals surface area contributed by atoms with Crippen molar-refractivity contribution in [3.05, 3.63) is 34.9 Å². The van der Waals surface area contributed by atoms with Crippen LogP contribution >= 0.6 is 11.6 Å². The fourth-order valence-electron chi connectivity index (χ4n) is 1.26. The lowest BCUT2D eigenvalue weighted by Crippen LogP contribution is -2.22. The molecule has 1 rings (SSSR count). The first-order chi connectivity index (χ1) is 7.49. The molecule has 0 aliphatic rings. The molecule has 1 aromatic carbocycles. The Labute approximate surface area is 101 Å². The maximum absolute atomic E-state index is 10.6. The van der Waals surface area contributed by atoms with Crippen molar-refractivity contribution in [3.63, 3.8) is 0 Å². The summed E-state index contributed by atoms with van der Waals surface area (Å²) < 4.78 is 21.3. The third-order valence-corrected chi connectivity index (χ3v) is 3.28. The third-order valence-electron chi connectivity index (χ3n) is 2.06. The highest BCUT2D eigenvalue weighted by molar-refractivity contribution is 7.89. The topological polar surface area (TPSA) is 72.2 Å². The maximum atomic E-state index is 10.6. The summed E-state index contributed by atoms with van der Waals surface area (Å²) in [6, 6.07) is 7.53. The van der Waals surface area contributed by atoms with Crippen LogP contribution in [0.4, 0.5) is 0 Å². The molecule has 0 aliphatic heterocycles. The van der Waals surface area contributed by atoms with E-state index in [1.54, 1.807) is 0 Å². The Morgan fingerprint density at radius 2 is 2.00 bits per heavy atom. The van der Waals surface area contributed by atoms with Gasteiger partial charge in [0.15, 0.2) is 0 Å². The summed E-state index contributed by atoms with van der Waals surface area (Å²) in [6.07, 6.45) is 0.503. The summed E-state index contributed by atoms with van der Waals surface area (Å²) in [5.74, 6) is 0.00250. The SMILES string of the molecule is NS(=O)(=O)CCCNCc1ccccc1Cl. The summed E-state index contributed by atoms with van der Waals surface area (Å²) in [4.78, 5) is 0. The number of rotatable bonds is 6. The van der Waals surface area contributed by atoms with Crippen molar-refractivity contribution in [3.8, 4) is 0 Å². The first-order valence-electron chi connectivity index (χ1n) is 4.93. The van der Waals surface area contributed by atoms with Crippen LogP contribution in [0.5, 0.6) is 0 Å². The van der Waals surface area contributed by atoms with Crippen LogP contribution in [0.15, 0.2) is 24.3 Å². The molecule has 0 aliphatic carbocycles. The first kappa shape index (κ1) is 13.4. The first-order valence-corrected chi connectivity index (χ1v) is 7.03. The molecule has 0 heterocycles. The third kappa shape index (κ3) is 5.46. The second-order valence-electron chi connectivity index (χ2n) is 3.49. The fourth-order valence-corrected chi connectivity index (χ4v) is 2.01. The molecule has 16 heavy (non-hydrogen) atoms. The van der Waals surface area contributed by atoms with Crippen molar-refractivity contribution in [1.82, 2.24) is 5.32 Å². The van der Waals surface area contributed by atoms with E-state index < -0.39 is 10.0 Å². The number of nitrogens with one attached hydrogen (secondary N) is 1. The zero-order valence-corrected chi connectivity index (χ0v) is 10.4. The van der Waals surface area contributed by atoms with Crippen LogP contribution in [0.3, 0.4) is 0 Å². The van der Waals surface area contributed by atoms with Gasteiger partial charge in [0, 0.05) is 11.6 Å². The highest BCUT2D eigenvalue weighted by Gasteiger charge is 2.02. The Balaban J connectivity index is 2.24. The van der Waals surface area contributed by atoms with E-state index in [2.05, 4.69) is 5.32 Å². The molecule has 0 fully saturated rings. The minimum atomic E-state index is -3.34. The van der Waals surface area contributed by atoms with Crippen LogP contribution in [0, 0.1) is 0 Å². The predicted molar refractivity (Wildman–Crippen MR) is 65.7 cm³/mol. The minimum absolute atomic E-state index is 0.00250. The molecule has 6 heteroatoms. The van der Waals surface area contributed by atoms with Crippen molar-refractivity contribution in [2.24, 2.45) is 5.14 Å². The Bertz CT molecular complexity index is 434. The molecule has 1 aromatic rings. The quantitative estimate of drug-likeness (QED) is 0.755. The number of halogens is 1. The van der Waals surface area contributed by atoms with Gasteiger partial charge in [0.05, 0.1) is 5.75 Å². The van der Waals surface area contributed by atoms with Gasteiger partial charge >= 0.3 is 0 Å². The van der Waals surface area contributed by atoms with Crippen LogP contribution in [0.25, 0.3) is 0 Å². The number of hydrogen-bond donors (Lipinski definition) is 2. The van der Waals surface area contributed by atoms with Crippen LogP contribution < -0.4 is 10.5 Å². The van der Waals surface area contributed by atoms with Crippen LogP contribution in [-0.2, 0) is 16.6 Å². The number of primary sulfonamides is 1.